The second-order valence-electron chi connectivity index (χ2n) is 2.92. The normalized spacial score (nSPS) is 10.9. The molecule has 108 valence electrons. The van der Waals surface area contributed by atoms with Gasteiger partial charge in [0.2, 0.25) is 0 Å². The quantitative estimate of drug-likeness (QED) is 0.290. The summed E-state index contributed by atoms with van der Waals surface area (Å²) in [7, 11) is -3.79. The van der Waals surface area contributed by atoms with Gasteiger partial charge in [-0.15, -0.1) is 6.58 Å². The molecule has 0 fully saturated rings. The van der Waals surface area contributed by atoms with Crippen molar-refractivity contribution in [3.8, 4) is 0 Å². The molecule has 0 bridgehead atoms. The van der Waals surface area contributed by atoms with E-state index in [1.54, 1.807) is 0 Å². The Bertz CT molecular complexity index is 486. The van der Waals surface area contributed by atoms with E-state index in [1.165, 1.54) is 0 Å². The summed E-state index contributed by atoms with van der Waals surface area (Å²) in [6, 6.07) is 0. The number of carbonyl (C=O) groups is 3. The molecule has 0 aromatic carbocycles. The SMILES string of the molecule is C=CCS(=O)(=O)O.O=C(O)C=C(CC(=O)O)C(=O)O. The molecular formula is C9H12O9S. The smallest absolute Gasteiger partial charge is 0.332 e. The van der Waals surface area contributed by atoms with Gasteiger partial charge in [-0.25, -0.2) is 9.59 Å². The van der Waals surface area contributed by atoms with Gasteiger partial charge in [-0.3, -0.25) is 9.35 Å². The van der Waals surface area contributed by atoms with Crippen molar-refractivity contribution < 1.29 is 42.7 Å². The van der Waals surface area contributed by atoms with E-state index >= 15 is 0 Å². The van der Waals surface area contributed by atoms with Gasteiger partial charge in [-0.2, -0.15) is 8.42 Å². The lowest BCUT2D eigenvalue weighted by Crippen LogP contribution is -2.08. The van der Waals surface area contributed by atoms with Crippen molar-refractivity contribution in [3.63, 3.8) is 0 Å². The minimum Gasteiger partial charge on any atom is -0.481 e. The number of hydrogen-bond acceptors (Lipinski definition) is 5. The molecule has 9 nitrogen and oxygen atoms in total. The molecular weight excluding hydrogens is 284 g/mol. The van der Waals surface area contributed by atoms with E-state index in [2.05, 4.69) is 6.58 Å². The van der Waals surface area contributed by atoms with Crippen LogP contribution in [0.3, 0.4) is 0 Å². The third-order valence-electron chi connectivity index (χ3n) is 1.24. The third kappa shape index (κ3) is 15.8. The van der Waals surface area contributed by atoms with Crippen molar-refractivity contribution in [2.75, 3.05) is 5.75 Å². The zero-order valence-electron chi connectivity index (χ0n) is 9.51. The summed E-state index contributed by atoms with van der Waals surface area (Å²) in [6.07, 6.45) is 0.674. The lowest BCUT2D eigenvalue weighted by molar-refractivity contribution is -0.140. The molecule has 0 aliphatic heterocycles. The van der Waals surface area contributed by atoms with Crippen LogP contribution in [0.5, 0.6) is 0 Å². The van der Waals surface area contributed by atoms with Crippen LogP contribution in [0.2, 0.25) is 0 Å². The lowest BCUT2D eigenvalue weighted by atomic mass is 10.2. The van der Waals surface area contributed by atoms with Crippen LogP contribution in [0.4, 0.5) is 0 Å². The second kappa shape index (κ2) is 8.83. The zero-order chi connectivity index (χ0) is 15.6. The first-order valence-electron chi connectivity index (χ1n) is 4.44. The van der Waals surface area contributed by atoms with Crippen LogP contribution < -0.4 is 0 Å². The molecule has 19 heavy (non-hydrogen) atoms. The Morgan fingerprint density at radius 1 is 1.11 bits per heavy atom. The average Bonchev–Trinajstić information content (AvgIpc) is 2.13. The van der Waals surface area contributed by atoms with Crippen molar-refractivity contribution in [1.29, 1.82) is 0 Å². The van der Waals surface area contributed by atoms with E-state index in [0.717, 1.165) is 6.08 Å². The van der Waals surface area contributed by atoms with Gasteiger partial charge in [-0.05, 0) is 0 Å². The van der Waals surface area contributed by atoms with E-state index in [4.69, 9.17) is 19.9 Å². The first-order valence-corrected chi connectivity index (χ1v) is 6.05. The van der Waals surface area contributed by atoms with Crippen LogP contribution in [0.1, 0.15) is 6.42 Å². The Morgan fingerprint density at radius 2 is 1.58 bits per heavy atom. The van der Waals surface area contributed by atoms with Gasteiger partial charge in [0.25, 0.3) is 10.1 Å². The average molecular weight is 296 g/mol. The molecule has 0 aliphatic carbocycles. The maximum atomic E-state index is 10.2. The molecule has 0 aliphatic rings. The van der Waals surface area contributed by atoms with Gasteiger partial charge in [0, 0.05) is 6.08 Å². The van der Waals surface area contributed by atoms with Gasteiger partial charge in [0.05, 0.1) is 17.7 Å². The van der Waals surface area contributed by atoms with E-state index in [-0.39, 0.29) is 5.75 Å². The summed E-state index contributed by atoms with van der Waals surface area (Å²) >= 11 is 0. The monoisotopic (exact) mass is 296 g/mol. The Kier molecular flexibility index (Phi) is 8.90. The van der Waals surface area contributed by atoms with Crippen LogP contribution in [0.15, 0.2) is 24.3 Å². The van der Waals surface area contributed by atoms with Crippen molar-refractivity contribution in [2.24, 2.45) is 0 Å². The number of carboxylic acids is 3. The van der Waals surface area contributed by atoms with Crippen molar-refractivity contribution in [2.45, 2.75) is 6.42 Å². The fraction of sp³-hybridized carbons (Fsp3) is 0.222. The summed E-state index contributed by atoms with van der Waals surface area (Å²) in [5, 5.41) is 24.5. The molecule has 0 rings (SSSR count). The highest BCUT2D eigenvalue weighted by molar-refractivity contribution is 7.85. The van der Waals surface area contributed by atoms with Crippen molar-refractivity contribution in [1.82, 2.24) is 0 Å². The number of rotatable bonds is 6. The van der Waals surface area contributed by atoms with Crippen molar-refractivity contribution in [3.05, 3.63) is 24.3 Å². The minimum atomic E-state index is -3.79. The van der Waals surface area contributed by atoms with Crippen LogP contribution in [-0.4, -0.2) is 52.0 Å². The van der Waals surface area contributed by atoms with Crippen LogP contribution in [-0.2, 0) is 24.5 Å². The van der Waals surface area contributed by atoms with Crippen LogP contribution in [0, 0.1) is 0 Å². The number of hydrogen-bond donors (Lipinski definition) is 4. The molecule has 10 heteroatoms. The molecule has 0 unspecified atom stereocenters. The molecule has 0 heterocycles. The summed E-state index contributed by atoms with van der Waals surface area (Å²) in [6.45, 7) is 3.11. The van der Waals surface area contributed by atoms with Crippen LogP contribution in [0.25, 0.3) is 0 Å². The van der Waals surface area contributed by atoms with Gasteiger partial charge in [0.1, 0.15) is 0 Å². The summed E-state index contributed by atoms with van der Waals surface area (Å²) < 4.78 is 27.3. The summed E-state index contributed by atoms with van der Waals surface area (Å²) in [4.78, 5) is 30.1. The molecule has 0 aromatic rings. The molecule has 0 atom stereocenters. The third-order valence-corrected chi connectivity index (χ3v) is 1.90. The van der Waals surface area contributed by atoms with E-state index in [9.17, 15) is 22.8 Å². The predicted octanol–water partition coefficient (Wildman–Crippen LogP) is -0.383. The van der Waals surface area contributed by atoms with Gasteiger partial charge in [0.15, 0.2) is 0 Å². The second-order valence-corrected chi connectivity index (χ2v) is 4.42. The zero-order valence-corrected chi connectivity index (χ0v) is 10.3. The Morgan fingerprint density at radius 3 is 1.74 bits per heavy atom. The maximum absolute atomic E-state index is 10.2. The highest BCUT2D eigenvalue weighted by atomic mass is 32.2. The Balaban J connectivity index is 0. The summed E-state index contributed by atoms with van der Waals surface area (Å²) in [5.74, 6) is -4.77. The fourth-order valence-electron chi connectivity index (χ4n) is 0.649. The van der Waals surface area contributed by atoms with Gasteiger partial charge < -0.3 is 15.3 Å². The van der Waals surface area contributed by atoms with Gasteiger partial charge in [-0.1, -0.05) is 6.08 Å². The highest BCUT2D eigenvalue weighted by Crippen LogP contribution is 2.00. The first-order chi connectivity index (χ1) is 8.49. The minimum absolute atomic E-state index is 0.358. The van der Waals surface area contributed by atoms with Crippen molar-refractivity contribution >= 4 is 28.0 Å². The molecule has 0 radical (unpaired) electrons. The predicted molar refractivity (Wildman–Crippen MR) is 62.2 cm³/mol. The lowest BCUT2D eigenvalue weighted by Gasteiger charge is -1.94. The maximum Gasteiger partial charge on any atom is 0.332 e. The standard InChI is InChI=1S/C6H6O6.C3H6O3S/c7-4(8)1-3(6(11)12)2-5(9)10;1-2-3-7(4,5)6/h1H,2H2,(H,7,8)(H,9,10)(H,11,12);2H,1,3H2,(H,4,5,6). The Hall–Kier alpha value is -2.20. The number of carboxylic acid groups (broad SMARTS) is 3. The van der Waals surface area contributed by atoms with E-state index in [0.29, 0.717) is 6.08 Å². The summed E-state index contributed by atoms with van der Waals surface area (Å²) in [5.41, 5.74) is -0.657. The molecule has 0 aromatic heterocycles. The first kappa shape index (κ1) is 19.1. The Labute approximate surface area is 108 Å². The largest absolute Gasteiger partial charge is 0.481 e. The highest BCUT2D eigenvalue weighted by Gasteiger charge is 2.12. The van der Waals surface area contributed by atoms with Gasteiger partial charge >= 0.3 is 17.9 Å². The fourth-order valence-corrected chi connectivity index (χ4v) is 0.947. The van der Waals surface area contributed by atoms with Crippen LogP contribution >= 0.6 is 0 Å². The topological polar surface area (TPSA) is 166 Å². The molecule has 0 saturated heterocycles. The molecule has 0 saturated carbocycles. The molecule has 4 N–H and O–H groups in total. The number of aliphatic carboxylic acids is 3. The molecule has 0 amide bonds. The van der Waals surface area contributed by atoms with E-state index < -0.39 is 40.0 Å². The van der Waals surface area contributed by atoms with E-state index in [1.807, 2.05) is 0 Å². The molecule has 0 spiro atoms.